The van der Waals surface area contributed by atoms with Gasteiger partial charge >= 0.3 is 6.01 Å². The van der Waals surface area contributed by atoms with Crippen LogP contribution in [-0.4, -0.2) is 74.4 Å². The number of hydrogen-bond acceptors (Lipinski definition) is 10. The van der Waals surface area contributed by atoms with Crippen molar-refractivity contribution in [1.82, 2.24) is 30.2 Å². The molecule has 3 N–H and O–H groups in total. The average molecular weight is 535 g/mol. The molecule has 206 valence electrons. The van der Waals surface area contributed by atoms with Gasteiger partial charge in [-0.2, -0.15) is 20.2 Å². The third-order valence-electron chi connectivity index (χ3n) is 7.79. The molecule has 1 amide bonds. The van der Waals surface area contributed by atoms with Crippen LogP contribution in [-0.2, 0) is 0 Å². The number of anilines is 1. The number of methoxy groups -OCH3 is 1. The highest BCUT2D eigenvalue weighted by atomic mass is 16.5. The van der Waals surface area contributed by atoms with Crippen LogP contribution in [0.15, 0.2) is 18.5 Å². The first-order valence-corrected chi connectivity index (χ1v) is 13.2. The van der Waals surface area contributed by atoms with Crippen molar-refractivity contribution in [3.63, 3.8) is 0 Å². The molecule has 4 heterocycles. The summed E-state index contributed by atoms with van der Waals surface area (Å²) in [5, 5.41) is 23.4. The van der Waals surface area contributed by atoms with Crippen LogP contribution < -0.4 is 19.7 Å². The van der Waals surface area contributed by atoms with Gasteiger partial charge in [-0.15, -0.1) is 0 Å². The molecule has 1 aliphatic carbocycles. The third-order valence-corrected chi connectivity index (χ3v) is 7.79. The van der Waals surface area contributed by atoms with Gasteiger partial charge in [-0.3, -0.25) is 4.79 Å². The number of aliphatic hydroxyl groups is 1. The molecule has 0 aromatic carbocycles. The van der Waals surface area contributed by atoms with Crippen molar-refractivity contribution in [3.8, 4) is 17.8 Å². The second kappa shape index (κ2) is 10.3. The van der Waals surface area contributed by atoms with E-state index in [4.69, 9.17) is 9.47 Å². The number of aromatic amines is 1. The predicted octanol–water partition coefficient (Wildman–Crippen LogP) is 2.71. The normalized spacial score (nSPS) is 17.9. The van der Waals surface area contributed by atoms with E-state index in [0.29, 0.717) is 19.0 Å². The smallest absolute Gasteiger partial charge is 0.322 e. The van der Waals surface area contributed by atoms with Crippen LogP contribution in [0.3, 0.4) is 0 Å². The Morgan fingerprint density at radius 3 is 2.72 bits per heavy atom. The summed E-state index contributed by atoms with van der Waals surface area (Å²) in [6, 6.07) is 3.63. The molecular formula is C27H34N8O4. The highest BCUT2D eigenvalue weighted by Gasteiger charge is 2.44. The Morgan fingerprint density at radius 1 is 1.33 bits per heavy atom. The van der Waals surface area contributed by atoms with E-state index in [9.17, 15) is 15.2 Å². The number of amides is 1. The van der Waals surface area contributed by atoms with Gasteiger partial charge in [0.2, 0.25) is 11.8 Å². The number of pyridine rings is 1. The summed E-state index contributed by atoms with van der Waals surface area (Å²) in [6.45, 7) is 6.42. The first-order valence-electron chi connectivity index (χ1n) is 13.2. The molecular weight excluding hydrogens is 500 g/mol. The molecule has 0 bridgehead atoms. The first-order chi connectivity index (χ1) is 18.6. The molecule has 3 aromatic heterocycles. The number of hydrogen-bond donors (Lipinski definition) is 3. The van der Waals surface area contributed by atoms with Crippen molar-refractivity contribution in [1.29, 1.82) is 5.26 Å². The second-order valence-corrected chi connectivity index (χ2v) is 11.0. The average Bonchev–Trinajstić information content (AvgIpc) is 3.60. The van der Waals surface area contributed by atoms with E-state index in [1.54, 1.807) is 34.1 Å². The molecule has 1 saturated carbocycles. The van der Waals surface area contributed by atoms with Crippen LogP contribution in [0.2, 0.25) is 0 Å². The Hall–Kier alpha value is -3.98. The summed E-state index contributed by atoms with van der Waals surface area (Å²) in [4.78, 5) is 35.9. The van der Waals surface area contributed by atoms with Crippen molar-refractivity contribution in [2.75, 3.05) is 31.7 Å². The van der Waals surface area contributed by atoms with Crippen molar-refractivity contribution in [2.24, 2.45) is 5.41 Å². The molecule has 12 nitrogen and oxygen atoms in total. The van der Waals surface area contributed by atoms with E-state index in [0.717, 1.165) is 42.5 Å². The Morgan fingerprint density at radius 2 is 2.08 bits per heavy atom. The minimum atomic E-state index is -1.13. The molecule has 3 aromatic rings. The molecule has 0 unspecified atom stereocenters. The zero-order chi connectivity index (χ0) is 27.8. The third kappa shape index (κ3) is 5.59. The van der Waals surface area contributed by atoms with E-state index in [2.05, 4.69) is 36.3 Å². The van der Waals surface area contributed by atoms with Gasteiger partial charge in [0.25, 0.3) is 5.91 Å². The van der Waals surface area contributed by atoms with E-state index in [1.807, 2.05) is 17.2 Å². The fraction of sp³-hybridized carbons (Fsp3) is 0.556. The topological polar surface area (TPSA) is 162 Å². The van der Waals surface area contributed by atoms with Crippen molar-refractivity contribution in [3.05, 3.63) is 29.8 Å². The lowest BCUT2D eigenvalue weighted by atomic mass is 9.89. The van der Waals surface area contributed by atoms with Gasteiger partial charge in [0.05, 0.1) is 35.6 Å². The number of carbonyl (C=O) groups is 1. The monoisotopic (exact) mass is 534 g/mol. The van der Waals surface area contributed by atoms with E-state index < -0.39 is 23.0 Å². The molecule has 12 heteroatoms. The second-order valence-electron chi connectivity index (χ2n) is 11.0. The molecule has 0 radical (unpaired) electrons. The zero-order valence-electron chi connectivity index (χ0n) is 22.7. The SMILES string of the molecule is COc1ccnc2[nH]cc(C3CCN(c4nc(OCC5(C#N)CC5)nc(C(=O)N[C@H](C)C(C)(C)O)n4)CC3)c12. The number of H-pyrrole nitrogens is 1. The minimum absolute atomic E-state index is 0.0112. The standard InChI is InChI=1S/C27H34N8O4/c1-16(26(2,3)37)31-23(36)22-32-24(34-25(33-22)39-15-27(14-28)8-9-27)35-11-6-17(7-12-35)18-13-30-21-20(18)19(38-4)5-10-29-21/h5,10,13,16-17,37H,6-9,11-12,15H2,1-4H3,(H,29,30)(H,31,36)/t16-/m1/s1. The zero-order valence-corrected chi connectivity index (χ0v) is 22.7. The minimum Gasteiger partial charge on any atom is -0.496 e. The lowest BCUT2D eigenvalue weighted by Gasteiger charge is -2.32. The number of nitriles is 1. The van der Waals surface area contributed by atoms with Crippen molar-refractivity contribution >= 4 is 22.9 Å². The first kappa shape index (κ1) is 26.6. The molecule has 2 fully saturated rings. The lowest BCUT2D eigenvalue weighted by Crippen LogP contribution is -2.47. The Balaban J connectivity index is 1.36. The van der Waals surface area contributed by atoms with Gasteiger partial charge < -0.3 is 29.8 Å². The largest absolute Gasteiger partial charge is 0.496 e. The van der Waals surface area contributed by atoms with Gasteiger partial charge in [-0.25, -0.2) is 4.98 Å². The van der Waals surface area contributed by atoms with Crippen LogP contribution in [0.25, 0.3) is 11.0 Å². The number of nitrogens with zero attached hydrogens (tertiary/aromatic N) is 6. The quantitative estimate of drug-likeness (QED) is 0.372. The molecule has 0 spiro atoms. The number of carbonyl (C=O) groups excluding carboxylic acids is 1. The van der Waals surface area contributed by atoms with Crippen LogP contribution in [0.5, 0.6) is 11.8 Å². The summed E-state index contributed by atoms with van der Waals surface area (Å²) in [7, 11) is 1.66. The highest BCUT2D eigenvalue weighted by Crippen LogP contribution is 2.45. The molecule has 39 heavy (non-hydrogen) atoms. The van der Waals surface area contributed by atoms with Gasteiger partial charge in [0.15, 0.2) is 0 Å². The fourth-order valence-corrected chi connectivity index (χ4v) is 4.67. The van der Waals surface area contributed by atoms with Crippen LogP contribution >= 0.6 is 0 Å². The van der Waals surface area contributed by atoms with Gasteiger partial charge in [0.1, 0.15) is 18.0 Å². The number of fused-ring (bicyclic) bond motifs is 1. The summed E-state index contributed by atoms with van der Waals surface area (Å²) in [5.74, 6) is 0.792. The lowest BCUT2D eigenvalue weighted by molar-refractivity contribution is 0.0405. The van der Waals surface area contributed by atoms with Crippen molar-refractivity contribution < 1.29 is 19.4 Å². The fourth-order valence-electron chi connectivity index (χ4n) is 4.67. The number of ether oxygens (including phenoxy) is 2. The van der Waals surface area contributed by atoms with Crippen LogP contribution in [0.1, 0.15) is 68.6 Å². The number of aromatic nitrogens is 5. The van der Waals surface area contributed by atoms with Crippen LogP contribution in [0.4, 0.5) is 5.95 Å². The maximum atomic E-state index is 13.0. The van der Waals surface area contributed by atoms with E-state index in [-0.39, 0.29) is 24.4 Å². The molecule has 1 aliphatic heterocycles. The predicted molar refractivity (Wildman–Crippen MR) is 143 cm³/mol. The Bertz CT molecular complexity index is 1400. The highest BCUT2D eigenvalue weighted by molar-refractivity contribution is 5.91. The summed E-state index contributed by atoms with van der Waals surface area (Å²) >= 11 is 0. The van der Waals surface area contributed by atoms with E-state index >= 15 is 0 Å². The maximum absolute atomic E-state index is 13.0. The van der Waals surface area contributed by atoms with Gasteiger partial charge in [0, 0.05) is 25.5 Å². The van der Waals surface area contributed by atoms with Gasteiger partial charge in [-0.05, 0) is 64.0 Å². The van der Waals surface area contributed by atoms with Gasteiger partial charge in [-0.1, -0.05) is 0 Å². The molecule has 2 aliphatic rings. The maximum Gasteiger partial charge on any atom is 0.322 e. The Labute approximate surface area is 226 Å². The number of piperidine rings is 1. The number of rotatable bonds is 9. The Kier molecular flexibility index (Phi) is 7.03. The van der Waals surface area contributed by atoms with Crippen molar-refractivity contribution in [2.45, 2.75) is 64.0 Å². The molecule has 1 atom stereocenters. The van der Waals surface area contributed by atoms with E-state index in [1.165, 1.54) is 5.56 Å². The summed E-state index contributed by atoms with van der Waals surface area (Å²) in [6.07, 6.45) is 6.93. The summed E-state index contributed by atoms with van der Waals surface area (Å²) < 4.78 is 11.4. The molecule has 1 saturated heterocycles. The summed E-state index contributed by atoms with van der Waals surface area (Å²) in [5.41, 5.74) is 0.324. The molecule has 5 rings (SSSR count). The van der Waals surface area contributed by atoms with Crippen LogP contribution in [0, 0.1) is 16.7 Å². The number of nitrogens with one attached hydrogen (secondary N) is 2.